The van der Waals surface area contributed by atoms with Crippen LogP contribution in [0.1, 0.15) is 13.3 Å². The normalized spacial score (nSPS) is 12.1. The van der Waals surface area contributed by atoms with E-state index < -0.39 is 12.0 Å². The van der Waals surface area contributed by atoms with E-state index in [9.17, 15) is 9.59 Å². The predicted molar refractivity (Wildman–Crippen MR) is 84.5 cm³/mol. The molecule has 0 spiro atoms. The topological polar surface area (TPSA) is 69.6 Å². The van der Waals surface area contributed by atoms with Gasteiger partial charge in [0.05, 0.1) is 6.54 Å². The Morgan fingerprint density at radius 1 is 1.33 bits per heavy atom. The highest BCUT2D eigenvalue weighted by Crippen LogP contribution is 2.17. The summed E-state index contributed by atoms with van der Waals surface area (Å²) in [5.41, 5.74) is 0. The van der Waals surface area contributed by atoms with Crippen molar-refractivity contribution < 1.29 is 14.7 Å². The highest BCUT2D eigenvalue weighted by Gasteiger charge is 2.18. The summed E-state index contributed by atoms with van der Waals surface area (Å²) in [6, 6.07) is 9.45. The first kappa shape index (κ1) is 17.5. The maximum atomic E-state index is 11.7. The highest BCUT2D eigenvalue weighted by atomic mass is 32.2. The van der Waals surface area contributed by atoms with Crippen molar-refractivity contribution in [2.24, 2.45) is 0 Å². The number of rotatable bonds is 9. The fraction of sp³-hybridized carbons (Fsp3) is 0.467. The quantitative estimate of drug-likeness (QED) is 0.536. The van der Waals surface area contributed by atoms with Gasteiger partial charge in [0.2, 0.25) is 5.91 Å². The summed E-state index contributed by atoms with van der Waals surface area (Å²) in [5.74, 6) is -0.133. The molecule has 5 nitrogen and oxygen atoms in total. The molecule has 0 aliphatic rings. The Balaban J connectivity index is 2.12. The van der Waals surface area contributed by atoms with Crippen LogP contribution in [0.15, 0.2) is 35.2 Å². The van der Waals surface area contributed by atoms with Crippen molar-refractivity contribution in [1.82, 2.24) is 10.2 Å². The van der Waals surface area contributed by atoms with E-state index in [1.54, 1.807) is 25.7 Å². The van der Waals surface area contributed by atoms with Crippen LogP contribution in [0.25, 0.3) is 0 Å². The van der Waals surface area contributed by atoms with Gasteiger partial charge in [-0.2, -0.15) is 0 Å². The van der Waals surface area contributed by atoms with E-state index in [4.69, 9.17) is 5.11 Å². The van der Waals surface area contributed by atoms with Gasteiger partial charge < -0.3 is 10.4 Å². The molecule has 0 fully saturated rings. The Hall–Kier alpha value is -1.53. The lowest BCUT2D eigenvalue weighted by Crippen LogP contribution is -2.43. The van der Waals surface area contributed by atoms with Gasteiger partial charge in [0.1, 0.15) is 6.04 Å². The monoisotopic (exact) mass is 310 g/mol. The van der Waals surface area contributed by atoms with Crippen LogP contribution in [-0.4, -0.2) is 53.8 Å². The smallest absolute Gasteiger partial charge is 0.320 e. The van der Waals surface area contributed by atoms with Gasteiger partial charge in [-0.25, -0.2) is 0 Å². The maximum Gasteiger partial charge on any atom is 0.320 e. The lowest BCUT2D eigenvalue weighted by Gasteiger charge is -2.20. The van der Waals surface area contributed by atoms with Crippen LogP contribution < -0.4 is 5.32 Å². The van der Waals surface area contributed by atoms with Crippen molar-refractivity contribution in [3.63, 3.8) is 0 Å². The van der Waals surface area contributed by atoms with Crippen molar-refractivity contribution in [2.45, 2.75) is 24.3 Å². The summed E-state index contributed by atoms with van der Waals surface area (Å²) in [6.07, 6.45) is 0.878. The molecule has 0 saturated carbocycles. The number of carbonyl (C=O) groups is 2. The predicted octanol–water partition coefficient (Wildman–Crippen LogP) is 1.69. The number of likely N-dealkylation sites (N-methyl/N-ethyl adjacent to an activating group) is 1. The Morgan fingerprint density at radius 3 is 2.62 bits per heavy atom. The molecule has 1 aromatic rings. The first-order valence-electron chi connectivity index (χ1n) is 6.88. The number of aliphatic carboxylic acids is 1. The summed E-state index contributed by atoms with van der Waals surface area (Å²) in [4.78, 5) is 25.2. The Labute approximate surface area is 129 Å². The van der Waals surface area contributed by atoms with Gasteiger partial charge in [-0.3, -0.25) is 14.5 Å². The summed E-state index contributed by atoms with van der Waals surface area (Å²) < 4.78 is 0. The lowest BCUT2D eigenvalue weighted by atomic mass is 10.3. The van der Waals surface area contributed by atoms with Crippen molar-refractivity contribution in [2.75, 3.05) is 25.9 Å². The number of carboxylic acids is 1. The highest BCUT2D eigenvalue weighted by molar-refractivity contribution is 7.99. The largest absolute Gasteiger partial charge is 0.480 e. The fourth-order valence-corrected chi connectivity index (χ4v) is 2.49. The molecule has 0 heterocycles. The van der Waals surface area contributed by atoms with Gasteiger partial charge in [-0.05, 0) is 38.3 Å². The number of nitrogens with zero attached hydrogens (tertiary/aromatic N) is 1. The van der Waals surface area contributed by atoms with Crippen LogP contribution in [-0.2, 0) is 9.59 Å². The van der Waals surface area contributed by atoms with Gasteiger partial charge in [0, 0.05) is 11.4 Å². The third-order valence-corrected chi connectivity index (χ3v) is 4.17. The Kier molecular flexibility index (Phi) is 7.85. The molecule has 0 saturated heterocycles. The molecule has 6 heteroatoms. The van der Waals surface area contributed by atoms with Crippen molar-refractivity contribution in [3.8, 4) is 0 Å². The van der Waals surface area contributed by atoms with Crippen molar-refractivity contribution in [3.05, 3.63) is 30.3 Å². The van der Waals surface area contributed by atoms with E-state index >= 15 is 0 Å². The van der Waals surface area contributed by atoms with Crippen LogP contribution in [0, 0.1) is 0 Å². The third-order valence-electron chi connectivity index (χ3n) is 3.07. The molecule has 1 unspecified atom stereocenters. The molecular formula is C15H22N2O3S. The number of carboxylic acid groups (broad SMARTS) is 1. The fourth-order valence-electron chi connectivity index (χ4n) is 1.61. The molecule has 0 bridgehead atoms. The van der Waals surface area contributed by atoms with Gasteiger partial charge in [-0.1, -0.05) is 18.2 Å². The average Bonchev–Trinajstić information content (AvgIpc) is 2.47. The number of amides is 1. The molecule has 0 radical (unpaired) electrons. The molecule has 0 aliphatic heterocycles. The van der Waals surface area contributed by atoms with E-state index in [0.29, 0.717) is 6.54 Å². The summed E-state index contributed by atoms with van der Waals surface area (Å²) in [6.45, 7) is 2.26. The number of nitrogens with one attached hydrogen (secondary N) is 1. The maximum absolute atomic E-state index is 11.7. The van der Waals surface area contributed by atoms with Crippen LogP contribution in [0.5, 0.6) is 0 Å². The second-order valence-corrected chi connectivity index (χ2v) is 5.96. The van der Waals surface area contributed by atoms with Crippen LogP contribution in [0.4, 0.5) is 0 Å². The molecule has 116 valence electrons. The van der Waals surface area contributed by atoms with Crippen LogP contribution >= 0.6 is 11.8 Å². The second-order valence-electron chi connectivity index (χ2n) is 4.79. The van der Waals surface area contributed by atoms with Crippen LogP contribution in [0.3, 0.4) is 0 Å². The summed E-state index contributed by atoms with van der Waals surface area (Å²) in [7, 11) is 1.63. The Morgan fingerprint density at radius 2 is 2.00 bits per heavy atom. The molecule has 1 aromatic carbocycles. The molecule has 0 aromatic heterocycles. The van der Waals surface area contributed by atoms with E-state index in [1.165, 1.54) is 9.80 Å². The van der Waals surface area contributed by atoms with Crippen molar-refractivity contribution >= 4 is 23.6 Å². The van der Waals surface area contributed by atoms with Gasteiger partial charge in [0.25, 0.3) is 0 Å². The third kappa shape index (κ3) is 7.15. The Bertz CT molecular complexity index is 453. The molecular weight excluding hydrogens is 288 g/mol. The zero-order valence-corrected chi connectivity index (χ0v) is 13.2. The zero-order chi connectivity index (χ0) is 15.7. The zero-order valence-electron chi connectivity index (χ0n) is 12.4. The van der Waals surface area contributed by atoms with E-state index in [2.05, 4.69) is 17.4 Å². The number of thioether (sulfide) groups is 1. The standard InChI is InChI=1S/C15H22N2O3S/c1-12(15(19)20)17(2)11-14(18)16-9-6-10-21-13-7-4-3-5-8-13/h3-5,7-8,12H,6,9-11H2,1-2H3,(H,16,18)(H,19,20). The van der Waals surface area contributed by atoms with Crippen LogP contribution in [0.2, 0.25) is 0 Å². The second kappa shape index (κ2) is 9.41. The van der Waals surface area contributed by atoms with Gasteiger partial charge in [0.15, 0.2) is 0 Å². The molecule has 21 heavy (non-hydrogen) atoms. The van der Waals surface area contributed by atoms with Crippen molar-refractivity contribution in [1.29, 1.82) is 0 Å². The average molecular weight is 310 g/mol. The molecule has 1 atom stereocenters. The first-order chi connectivity index (χ1) is 10.0. The minimum absolute atomic E-state index is 0.0965. The molecule has 2 N–H and O–H groups in total. The van der Waals surface area contributed by atoms with E-state index in [-0.39, 0.29) is 12.5 Å². The number of benzene rings is 1. The number of hydrogen-bond acceptors (Lipinski definition) is 4. The number of carbonyl (C=O) groups excluding carboxylic acids is 1. The molecule has 1 rings (SSSR count). The first-order valence-corrected chi connectivity index (χ1v) is 7.87. The van der Waals surface area contributed by atoms with Gasteiger partial charge >= 0.3 is 5.97 Å². The SMILES string of the molecule is CC(C(=O)O)N(C)CC(=O)NCCCSc1ccccc1. The lowest BCUT2D eigenvalue weighted by molar-refractivity contribution is -0.142. The van der Waals surface area contributed by atoms with E-state index in [0.717, 1.165) is 12.2 Å². The number of hydrogen-bond donors (Lipinski definition) is 2. The summed E-state index contributed by atoms with van der Waals surface area (Å²) >= 11 is 1.76. The van der Waals surface area contributed by atoms with E-state index in [1.807, 2.05) is 18.2 Å². The molecule has 0 aliphatic carbocycles. The van der Waals surface area contributed by atoms with Gasteiger partial charge in [-0.15, -0.1) is 11.8 Å². The minimum Gasteiger partial charge on any atom is -0.480 e. The molecule has 1 amide bonds. The summed E-state index contributed by atoms with van der Waals surface area (Å²) in [5, 5.41) is 11.7. The minimum atomic E-state index is -0.926.